The number of halogens is 3. The molecular weight excluding hydrogens is 393 g/mol. The molecule has 28 heavy (non-hydrogen) atoms. The Balaban J connectivity index is 1.68. The molecule has 0 radical (unpaired) electrons. The van der Waals surface area contributed by atoms with Crippen LogP contribution in [0.5, 0.6) is 0 Å². The van der Waals surface area contributed by atoms with E-state index in [2.05, 4.69) is 5.32 Å². The molecule has 2 aromatic rings. The number of anilines is 1. The number of rotatable bonds is 4. The number of thioether (sulfide) groups is 1. The zero-order valence-electron chi connectivity index (χ0n) is 14.2. The van der Waals surface area contributed by atoms with Crippen molar-refractivity contribution >= 4 is 40.6 Å². The highest BCUT2D eigenvalue weighted by Gasteiger charge is 2.36. The van der Waals surface area contributed by atoms with E-state index in [9.17, 15) is 27.6 Å². The quantitative estimate of drug-likeness (QED) is 0.766. The third-order valence-electron chi connectivity index (χ3n) is 3.75. The standard InChI is InChI=1S/C19H13F3N2O3S/c20-19(21,22)13-7-4-8-14(10-13)23-16(25)11-24-17(26)15(28-18(24)27)9-12-5-2-1-3-6-12/h1-10H,11H2,(H,23,25)/b15-9-. The van der Waals surface area contributed by atoms with E-state index in [0.717, 1.165) is 28.7 Å². The predicted molar refractivity (Wildman–Crippen MR) is 99.2 cm³/mol. The van der Waals surface area contributed by atoms with E-state index in [1.54, 1.807) is 30.3 Å². The first-order valence-corrected chi connectivity index (χ1v) is 8.83. The highest BCUT2D eigenvalue weighted by molar-refractivity contribution is 8.18. The Kier molecular flexibility index (Phi) is 5.55. The van der Waals surface area contributed by atoms with Crippen LogP contribution in [0.15, 0.2) is 59.5 Å². The molecule has 1 saturated heterocycles. The molecule has 5 nitrogen and oxygen atoms in total. The molecule has 0 atom stereocenters. The molecule has 1 heterocycles. The highest BCUT2D eigenvalue weighted by Crippen LogP contribution is 2.32. The molecule has 0 aromatic heterocycles. The van der Waals surface area contributed by atoms with Crippen molar-refractivity contribution in [1.29, 1.82) is 0 Å². The minimum absolute atomic E-state index is 0.0772. The van der Waals surface area contributed by atoms with Gasteiger partial charge in [0.15, 0.2) is 0 Å². The van der Waals surface area contributed by atoms with Crippen molar-refractivity contribution in [2.24, 2.45) is 0 Å². The van der Waals surface area contributed by atoms with E-state index in [1.165, 1.54) is 12.1 Å². The summed E-state index contributed by atoms with van der Waals surface area (Å²) in [4.78, 5) is 37.5. The maximum Gasteiger partial charge on any atom is 0.416 e. The van der Waals surface area contributed by atoms with Crippen molar-refractivity contribution in [2.45, 2.75) is 6.18 Å². The Bertz CT molecular complexity index is 958. The van der Waals surface area contributed by atoms with Crippen LogP contribution in [0.25, 0.3) is 6.08 Å². The summed E-state index contributed by atoms with van der Waals surface area (Å²) in [6.45, 7) is -0.590. The van der Waals surface area contributed by atoms with E-state index in [0.29, 0.717) is 11.8 Å². The molecule has 1 N–H and O–H groups in total. The average Bonchev–Trinajstić information content (AvgIpc) is 2.89. The molecule has 3 amide bonds. The number of benzene rings is 2. The van der Waals surface area contributed by atoms with Gasteiger partial charge in [-0.15, -0.1) is 0 Å². The number of hydrogen-bond acceptors (Lipinski definition) is 4. The lowest BCUT2D eigenvalue weighted by molar-refractivity contribution is -0.137. The lowest BCUT2D eigenvalue weighted by Crippen LogP contribution is -2.36. The summed E-state index contributed by atoms with van der Waals surface area (Å²) in [5.74, 6) is -1.40. The third-order valence-corrected chi connectivity index (χ3v) is 4.65. The molecule has 1 aliphatic rings. The Morgan fingerprint density at radius 2 is 1.79 bits per heavy atom. The first-order valence-electron chi connectivity index (χ1n) is 8.01. The van der Waals surface area contributed by atoms with Gasteiger partial charge < -0.3 is 5.32 Å². The summed E-state index contributed by atoms with van der Waals surface area (Å²) in [5, 5.41) is 1.65. The van der Waals surface area contributed by atoms with E-state index in [-0.39, 0.29) is 10.6 Å². The van der Waals surface area contributed by atoms with Crippen molar-refractivity contribution in [3.63, 3.8) is 0 Å². The number of alkyl halides is 3. The van der Waals surface area contributed by atoms with Crippen LogP contribution in [0.4, 0.5) is 23.7 Å². The third kappa shape index (κ3) is 4.61. The zero-order chi connectivity index (χ0) is 20.3. The SMILES string of the molecule is O=C(CN1C(=O)S/C(=C\c2ccccc2)C1=O)Nc1cccc(C(F)(F)F)c1. The molecule has 0 saturated carbocycles. The van der Waals surface area contributed by atoms with Gasteiger partial charge in [-0.1, -0.05) is 36.4 Å². The van der Waals surface area contributed by atoms with E-state index < -0.39 is 35.3 Å². The number of nitrogens with zero attached hydrogens (tertiary/aromatic N) is 1. The maximum atomic E-state index is 12.7. The lowest BCUT2D eigenvalue weighted by Gasteiger charge is -2.13. The minimum Gasteiger partial charge on any atom is -0.325 e. The van der Waals surface area contributed by atoms with Crippen molar-refractivity contribution in [1.82, 2.24) is 4.90 Å². The second kappa shape index (κ2) is 7.89. The van der Waals surface area contributed by atoms with Gasteiger partial charge in [-0.2, -0.15) is 13.2 Å². The number of nitrogens with one attached hydrogen (secondary N) is 1. The fourth-order valence-corrected chi connectivity index (χ4v) is 3.29. The number of amides is 3. The van der Waals surface area contributed by atoms with Gasteiger partial charge in [0.1, 0.15) is 6.54 Å². The van der Waals surface area contributed by atoms with Gasteiger partial charge in [0.25, 0.3) is 11.1 Å². The van der Waals surface area contributed by atoms with E-state index in [1.807, 2.05) is 0 Å². The molecule has 0 aliphatic carbocycles. The monoisotopic (exact) mass is 406 g/mol. The van der Waals surface area contributed by atoms with Crippen LogP contribution in [-0.2, 0) is 15.8 Å². The van der Waals surface area contributed by atoms with Gasteiger partial charge in [-0.3, -0.25) is 19.3 Å². The normalized spacial score (nSPS) is 16.0. The van der Waals surface area contributed by atoms with Crippen molar-refractivity contribution < 1.29 is 27.6 Å². The summed E-state index contributed by atoms with van der Waals surface area (Å²) < 4.78 is 38.2. The first-order chi connectivity index (χ1) is 13.2. The number of hydrogen-bond donors (Lipinski definition) is 1. The smallest absolute Gasteiger partial charge is 0.325 e. The van der Waals surface area contributed by atoms with Gasteiger partial charge in [0.2, 0.25) is 5.91 Å². The molecule has 0 bridgehead atoms. The van der Waals surface area contributed by atoms with Crippen molar-refractivity contribution in [3.8, 4) is 0 Å². The average molecular weight is 406 g/mol. The molecule has 0 unspecified atom stereocenters. The molecule has 1 fully saturated rings. The van der Waals surface area contributed by atoms with Gasteiger partial charge >= 0.3 is 6.18 Å². The van der Waals surface area contributed by atoms with Crippen LogP contribution >= 0.6 is 11.8 Å². The van der Waals surface area contributed by atoms with Crippen LogP contribution in [0.1, 0.15) is 11.1 Å². The lowest BCUT2D eigenvalue weighted by atomic mass is 10.2. The van der Waals surface area contributed by atoms with Crippen LogP contribution in [0.3, 0.4) is 0 Å². The summed E-state index contributed by atoms with van der Waals surface area (Å²) >= 11 is 0.701. The summed E-state index contributed by atoms with van der Waals surface area (Å²) in [6, 6.07) is 13.0. The van der Waals surface area contributed by atoms with Crippen molar-refractivity contribution in [2.75, 3.05) is 11.9 Å². The molecule has 2 aromatic carbocycles. The topological polar surface area (TPSA) is 66.5 Å². The molecule has 1 aliphatic heterocycles. The van der Waals surface area contributed by atoms with Crippen LogP contribution in [-0.4, -0.2) is 28.5 Å². The molecular formula is C19H13F3N2O3S. The first kappa shape index (κ1) is 19.7. The fourth-order valence-electron chi connectivity index (χ4n) is 2.45. The van der Waals surface area contributed by atoms with Crippen LogP contribution in [0.2, 0.25) is 0 Å². The van der Waals surface area contributed by atoms with Crippen LogP contribution in [0, 0.1) is 0 Å². The van der Waals surface area contributed by atoms with Gasteiger partial charge in [-0.05, 0) is 41.6 Å². The van der Waals surface area contributed by atoms with Gasteiger partial charge in [0, 0.05) is 5.69 Å². The molecule has 0 spiro atoms. The Hall–Kier alpha value is -3.07. The summed E-state index contributed by atoms with van der Waals surface area (Å²) in [7, 11) is 0. The largest absolute Gasteiger partial charge is 0.416 e. The molecule has 9 heteroatoms. The minimum atomic E-state index is -4.55. The number of carbonyl (C=O) groups is 3. The summed E-state index contributed by atoms with van der Waals surface area (Å²) in [6.07, 6.45) is -3.01. The number of imide groups is 1. The van der Waals surface area contributed by atoms with Crippen LogP contribution < -0.4 is 5.32 Å². The predicted octanol–water partition coefficient (Wildman–Crippen LogP) is 4.38. The Labute approximate surface area is 162 Å². The van der Waals surface area contributed by atoms with Gasteiger partial charge in [-0.25, -0.2) is 0 Å². The molecule has 3 rings (SSSR count). The summed E-state index contributed by atoms with van der Waals surface area (Å²) in [5.41, 5.74) is -0.268. The van der Waals surface area contributed by atoms with E-state index in [4.69, 9.17) is 0 Å². The van der Waals surface area contributed by atoms with Gasteiger partial charge in [0.05, 0.1) is 10.5 Å². The second-order valence-electron chi connectivity index (χ2n) is 5.81. The van der Waals surface area contributed by atoms with E-state index >= 15 is 0 Å². The Morgan fingerprint density at radius 3 is 2.46 bits per heavy atom. The Morgan fingerprint density at radius 1 is 1.07 bits per heavy atom. The maximum absolute atomic E-state index is 12.7. The second-order valence-corrected chi connectivity index (χ2v) is 6.80. The highest BCUT2D eigenvalue weighted by atomic mass is 32.2. The van der Waals surface area contributed by atoms with Crippen molar-refractivity contribution in [3.05, 3.63) is 70.6 Å². The fraction of sp³-hybridized carbons (Fsp3) is 0.105. The number of carbonyl (C=O) groups excluding carboxylic acids is 3. The zero-order valence-corrected chi connectivity index (χ0v) is 15.0. The molecule has 144 valence electrons.